The van der Waals surface area contributed by atoms with E-state index in [1.165, 1.54) is 11.1 Å². The first-order valence-corrected chi connectivity index (χ1v) is 11.7. The van der Waals surface area contributed by atoms with Crippen LogP contribution in [0.1, 0.15) is 36.8 Å². The van der Waals surface area contributed by atoms with Gasteiger partial charge in [-0.1, -0.05) is 61.9 Å². The Morgan fingerprint density at radius 3 is 2.32 bits per heavy atom. The summed E-state index contributed by atoms with van der Waals surface area (Å²) in [6, 6.07) is 15.8. The van der Waals surface area contributed by atoms with Crippen LogP contribution in [0.5, 0.6) is 0 Å². The number of hydrogen-bond donors (Lipinski definition) is 3. The van der Waals surface area contributed by atoms with Crippen LogP contribution in [0.15, 0.2) is 48.5 Å². The zero-order chi connectivity index (χ0) is 24.1. The van der Waals surface area contributed by atoms with Crippen LogP contribution in [0.2, 0.25) is 0 Å². The molecule has 0 radical (unpaired) electrons. The lowest BCUT2D eigenvalue weighted by molar-refractivity contribution is -0.142. The summed E-state index contributed by atoms with van der Waals surface area (Å²) in [6.07, 6.45) is 0.347. The van der Waals surface area contributed by atoms with Crippen LogP contribution in [0.3, 0.4) is 0 Å². The number of nitrogens with one attached hydrogen (secondary N) is 2. The lowest BCUT2D eigenvalue weighted by Gasteiger charge is -2.19. The zero-order valence-electron chi connectivity index (χ0n) is 19.2. The first kappa shape index (κ1) is 23.8. The summed E-state index contributed by atoms with van der Waals surface area (Å²) < 4.78 is 10.7. The van der Waals surface area contributed by atoms with E-state index in [0.717, 1.165) is 11.1 Å². The van der Waals surface area contributed by atoms with E-state index in [-0.39, 0.29) is 44.0 Å². The molecule has 0 bridgehead atoms. The van der Waals surface area contributed by atoms with Gasteiger partial charge in [-0.3, -0.25) is 9.59 Å². The molecular formula is C26H30N2O6. The third kappa shape index (κ3) is 5.22. The Kier molecular flexibility index (Phi) is 7.47. The predicted molar refractivity (Wildman–Crippen MR) is 125 cm³/mol. The molecule has 1 fully saturated rings. The SMILES string of the molecule is CCC(CNC(=O)OCC1c2ccccc2-c2ccccc21)CC(=O)NC1COCC1C(=O)O. The molecule has 8 nitrogen and oxygen atoms in total. The van der Waals surface area contributed by atoms with Crippen molar-refractivity contribution in [1.82, 2.24) is 10.6 Å². The molecule has 2 aromatic carbocycles. The monoisotopic (exact) mass is 466 g/mol. The van der Waals surface area contributed by atoms with Crippen molar-refractivity contribution in [1.29, 1.82) is 0 Å². The molecule has 3 N–H and O–H groups in total. The Balaban J connectivity index is 1.26. The van der Waals surface area contributed by atoms with Crippen LogP contribution in [0.4, 0.5) is 4.79 Å². The fraction of sp³-hybridized carbons (Fsp3) is 0.423. The number of carbonyl (C=O) groups is 3. The van der Waals surface area contributed by atoms with Gasteiger partial charge in [0.25, 0.3) is 0 Å². The van der Waals surface area contributed by atoms with E-state index in [9.17, 15) is 19.5 Å². The highest BCUT2D eigenvalue weighted by atomic mass is 16.5. The maximum Gasteiger partial charge on any atom is 0.407 e. The van der Waals surface area contributed by atoms with Gasteiger partial charge in [-0.2, -0.15) is 0 Å². The van der Waals surface area contributed by atoms with E-state index in [1.807, 2.05) is 31.2 Å². The number of rotatable bonds is 9. The summed E-state index contributed by atoms with van der Waals surface area (Å²) >= 11 is 0. The fourth-order valence-corrected chi connectivity index (χ4v) is 4.71. The van der Waals surface area contributed by atoms with Crippen LogP contribution < -0.4 is 10.6 Å². The van der Waals surface area contributed by atoms with Crippen molar-refractivity contribution >= 4 is 18.0 Å². The van der Waals surface area contributed by atoms with Gasteiger partial charge in [-0.25, -0.2) is 4.79 Å². The molecule has 180 valence electrons. The average molecular weight is 467 g/mol. The molecule has 1 aliphatic carbocycles. The van der Waals surface area contributed by atoms with Gasteiger partial charge in [0.2, 0.25) is 5.91 Å². The Labute approximate surface area is 198 Å². The van der Waals surface area contributed by atoms with Gasteiger partial charge in [0.1, 0.15) is 12.5 Å². The third-order valence-corrected chi connectivity index (χ3v) is 6.67. The van der Waals surface area contributed by atoms with Crippen molar-refractivity contribution < 1.29 is 29.0 Å². The second kappa shape index (κ2) is 10.7. The van der Waals surface area contributed by atoms with Crippen molar-refractivity contribution in [3.05, 3.63) is 59.7 Å². The molecule has 1 aliphatic heterocycles. The second-order valence-corrected chi connectivity index (χ2v) is 8.84. The number of amides is 2. The normalized spacial score (nSPS) is 19.7. The molecule has 1 heterocycles. The summed E-state index contributed by atoms with van der Waals surface area (Å²) in [5.74, 6) is -2.06. The number of alkyl carbamates (subject to hydrolysis) is 1. The van der Waals surface area contributed by atoms with Crippen molar-refractivity contribution in [2.24, 2.45) is 11.8 Å². The van der Waals surface area contributed by atoms with Crippen molar-refractivity contribution in [2.75, 3.05) is 26.4 Å². The summed E-state index contributed by atoms with van der Waals surface area (Å²) in [6.45, 7) is 2.76. The molecular weight excluding hydrogens is 436 g/mol. The van der Waals surface area contributed by atoms with Crippen molar-refractivity contribution in [2.45, 2.75) is 31.7 Å². The maximum absolute atomic E-state index is 12.4. The number of hydrogen-bond acceptors (Lipinski definition) is 5. The van der Waals surface area contributed by atoms with Gasteiger partial charge in [0.15, 0.2) is 0 Å². The van der Waals surface area contributed by atoms with Gasteiger partial charge in [-0.15, -0.1) is 0 Å². The number of aliphatic carboxylic acids is 1. The van der Waals surface area contributed by atoms with E-state index in [4.69, 9.17) is 9.47 Å². The smallest absolute Gasteiger partial charge is 0.407 e. The fourth-order valence-electron chi connectivity index (χ4n) is 4.71. The molecule has 2 amide bonds. The number of carboxylic acids is 1. The van der Waals surface area contributed by atoms with Crippen LogP contribution in [0.25, 0.3) is 11.1 Å². The van der Waals surface area contributed by atoms with Gasteiger partial charge in [0.05, 0.1) is 19.3 Å². The van der Waals surface area contributed by atoms with Crippen molar-refractivity contribution in [3.63, 3.8) is 0 Å². The Morgan fingerprint density at radius 1 is 1.06 bits per heavy atom. The molecule has 8 heteroatoms. The molecule has 1 saturated heterocycles. The highest BCUT2D eigenvalue weighted by molar-refractivity contribution is 5.80. The van der Waals surface area contributed by atoms with Gasteiger partial charge in [-0.05, 0) is 28.2 Å². The lowest BCUT2D eigenvalue weighted by atomic mass is 9.98. The number of carbonyl (C=O) groups excluding carboxylic acids is 2. The third-order valence-electron chi connectivity index (χ3n) is 6.67. The summed E-state index contributed by atoms with van der Waals surface area (Å²) in [5, 5.41) is 14.7. The molecule has 3 unspecified atom stereocenters. The maximum atomic E-state index is 12.4. The summed E-state index contributed by atoms with van der Waals surface area (Å²) in [5.41, 5.74) is 4.63. The first-order chi connectivity index (χ1) is 16.5. The van der Waals surface area contributed by atoms with Crippen LogP contribution in [-0.2, 0) is 19.1 Å². The van der Waals surface area contributed by atoms with Gasteiger partial charge in [0, 0.05) is 18.9 Å². The first-order valence-electron chi connectivity index (χ1n) is 11.7. The molecule has 0 aromatic heterocycles. The molecule has 2 aromatic rings. The number of fused-ring (bicyclic) bond motifs is 3. The number of benzene rings is 2. The highest BCUT2D eigenvalue weighted by Crippen LogP contribution is 2.44. The standard InChI is InChI=1S/C26H30N2O6/c1-2-16(11-24(29)28-23-15-33-13-22(23)25(30)31)12-27-26(32)34-14-21-19-9-5-3-7-17(19)18-8-4-6-10-20(18)21/h3-10,16,21-23H,2,11-15H2,1H3,(H,27,32)(H,28,29)(H,30,31). The minimum atomic E-state index is -0.980. The minimum absolute atomic E-state index is 0.0123. The van der Waals surface area contributed by atoms with Crippen LogP contribution in [0, 0.1) is 11.8 Å². The largest absolute Gasteiger partial charge is 0.481 e. The molecule has 0 saturated carbocycles. The quantitative estimate of drug-likeness (QED) is 0.523. The lowest BCUT2D eigenvalue weighted by Crippen LogP contribution is -2.43. The van der Waals surface area contributed by atoms with E-state index >= 15 is 0 Å². The van der Waals surface area contributed by atoms with E-state index in [0.29, 0.717) is 13.0 Å². The summed E-state index contributed by atoms with van der Waals surface area (Å²) in [7, 11) is 0. The Hall–Kier alpha value is -3.39. The van der Waals surface area contributed by atoms with Crippen molar-refractivity contribution in [3.8, 4) is 11.1 Å². The number of ether oxygens (including phenoxy) is 2. The molecule has 2 aliphatic rings. The minimum Gasteiger partial charge on any atom is -0.481 e. The van der Waals surface area contributed by atoms with E-state index in [1.54, 1.807) is 0 Å². The predicted octanol–water partition coefficient (Wildman–Crippen LogP) is 3.16. The number of carboxylic acid groups (broad SMARTS) is 1. The van der Waals surface area contributed by atoms with Gasteiger partial charge >= 0.3 is 12.1 Å². The molecule has 0 spiro atoms. The Morgan fingerprint density at radius 2 is 1.71 bits per heavy atom. The highest BCUT2D eigenvalue weighted by Gasteiger charge is 2.35. The second-order valence-electron chi connectivity index (χ2n) is 8.84. The van der Waals surface area contributed by atoms with Crippen LogP contribution in [-0.4, -0.2) is 55.5 Å². The zero-order valence-corrected chi connectivity index (χ0v) is 19.2. The topological polar surface area (TPSA) is 114 Å². The summed E-state index contributed by atoms with van der Waals surface area (Å²) in [4.78, 5) is 36.1. The van der Waals surface area contributed by atoms with E-state index < -0.39 is 24.0 Å². The average Bonchev–Trinajstić information content (AvgIpc) is 3.43. The van der Waals surface area contributed by atoms with E-state index in [2.05, 4.69) is 34.9 Å². The molecule has 34 heavy (non-hydrogen) atoms. The molecule has 3 atom stereocenters. The van der Waals surface area contributed by atoms with Crippen LogP contribution >= 0.6 is 0 Å². The van der Waals surface area contributed by atoms with Gasteiger partial charge < -0.3 is 25.2 Å². The Bertz CT molecular complexity index is 1010. The molecule has 4 rings (SSSR count).